The Morgan fingerprint density at radius 1 is 1.24 bits per heavy atom. The van der Waals surface area contributed by atoms with Gasteiger partial charge in [-0.1, -0.05) is 0 Å². The molecule has 0 aliphatic heterocycles. The SMILES string of the molecule is O=C(O)c1ccc(N(CCO)S(=O)(=O)c2ccn[nH]2)cc1. The molecule has 0 saturated heterocycles. The topological polar surface area (TPSA) is 124 Å². The molecule has 0 amide bonds. The number of aliphatic hydroxyl groups is 1. The van der Waals surface area contributed by atoms with Gasteiger partial charge in [0.05, 0.1) is 30.6 Å². The van der Waals surface area contributed by atoms with E-state index in [9.17, 15) is 13.2 Å². The van der Waals surface area contributed by atoms with Crippen LogP contribution >= 0.6 is 0 Å². The Balaban J connectivity index is 2.41. The van der Waals surface area contributed by atoms with Gasteiger partial charge in [0.1, 0.15) is 0 Å². The summed E-state index contributed by atoms with van der Waals surface area (Å²) < 4.78 is 25.8. The van der Waals surface area contributed by atoms with Gasteiger partial charge >= 0.3 is 5.97 Å². The predicted molar refractivity (Wildman–Crippen MR) is 73.6 cm³/mol. The predicted octanol–water partition coefficient (Wildman–Crippen LogP) is 0.295. The summed E-state index contributed by atoms with van der Waals surface area (Å²) in [5.41, 5.74) is 0.297. The van der Waals surface area contributed by atoms with Crippen LogP contribution in [-0.2, 0) is 10.0 Å². The zero-order valence-corrected chi connectivity index (χ0v) is 11.6. The van der Waals surface area contributed by atoms with Crippen molar-refractivity contribution in [1.82, 2.24) is 10.2 Å². The zero-order chi connectivity index (χ0) is 15.5. The van der Waals surface area contributed by atoms with E-state index in [1.807, 2.05) is 0 Å². The summed E-state index contributed by atoms with van der Waals surface area (Å²) in [6.07, 6.45) is 1.30. The van der Waals surface area contributed by atoms with Crippen LogP contribution in [0.1, 0.15) is 10.4 Å². The minimum Gasteiger partial charge on any atom is -0.478 e. The summed E-state index contributed by atoms with van der Waals surface area (Å²) in [6.45, 7) is -0.540. The van der Waals surface area contributed by atoms with Crippen LogP contribution in [0.25, 0.3) is 0 Å². The van der Waals surface area contributed by atoms with Crippen LogP contribution in [0.5, 0.6) is 0 Å². The molecule has 1 aromatic carbocycles. The molecule has 112 valence electrons. The molecule has 0 spiro atoms. The lowest BCUT2D eigenvalue weighted by molar-refractivity contribution is 0.0697. The summed E-state index contributed by atoms with van der Waals surface area (Å²) >= 11 is 0. The number of carbonyl (C=O) groups is 1. The Morgan fingerprint density at radius 2 is 1.90 bits per heavy atom. The smallest absolute Gasteiger partial charge is 0.335 e. The highest BCUT2D eigenvalue weighted by Crippen LogP contribution is 2.22. The molecule has 8 nitrogen and oxygen atoms in total. The Labute approximate surface area is 120 Å². The van der Waals surface area contributed by atoms with Crippen molar-refractivity contribution in [3.63, 3.8) is 0 Å². The first kappa shape index (κ1) is 15.0. The maximum atomic E-state index is 12.4. The van der Waals surface area contributed by atoms with Crippen molar-refractivity contribution in [2.24, 2.45) is 0 Å². The minimum absolute atomic E-state index is 0.0432. The van der Waals surface area contributed by atoms with Crippen LogP contribution in [0.15, 0.2) is 41.6 Å². The molecule has 0 atom stereocenters. The summed E-state index contributed by atoms with van der Waals surface area (Å²) in [4.78, 5) is 10.8. The average Bonchev–Trinajstić information content (AvgIpc) is 2.99. The van der Waals surface area contributed by atoms with Crippen molar-refractivity contribution in [3.8, 4) is 0 Å². The standard InChI is InChI=1S/C12H13N3O5S/c16-8-7-15(21(19,20)11-5-6-13-14-11)10-3-1-9(2-4-10)12(17)18/h1-6,16H,7-8H2,(H,13,14)(H,17,18). The summed E-state index contributed by atoms with van der Waals surface area (Å²) in [6, 6.07) is 6.63. The number of carboxylic acids is 1. The van der Waals surface area contributed by atoms with Gasteiger partial charge in [0.2, 0.25) is 0 Å². The monoisotopic (exact) mass is 311 g/mol. The van der Waals surface area contributed by atoms with E-state index in [1.54, 1.807) is 0 Å². The van der Waals surface area contributed by atoms with E-state index in [0.717, 1.165) is 4.31 Å². The summed E-state index contributed by atoms with van der Waals surface area (Å²) in [5.74, 6) is -1.10. The van der Waals surface area contributed by atoms with E-state index in [2.05, 4.69) is 10.2 Å². The van der Waals surface area contributed by atoms with Crippen molar-refractivity contribution in [2.75, 3.05) is 17.5 Å². The Morgan fingerprint density at radius 3 is 2.38 bits per heavy atom. The third-order valence-electron chi connectivity index (χ3n) is 2.75. The van der Waals surface area contributed by atoms with Crippen molar-refractivity contribution in [3.05, 3.63) is 42.1 Å². The first-order valence-electron chi connectivity index (χ1n) is 5.93. The number of nitrogens with zero attached hydrogens (tertiary/aromatic N) is 2. The largest absolute Gasteiger partial charge is 0.478 e. The number of sulfonamides is 1. The fourth-order valence-electron chi connectivity index (χ4n) is 1.75. The molecule has 2 aromatic rings. The van der Waals surface area contributed by atoms with Crippen LogP contribution in [0, 0.1) is 0 Å². The highest BCUT2D eigenvalue weighted by atomic mass is 32.2. The van der Waals surface area contributed by atoms with Gasteiger partial charge in [-0.05, 0) is 30.3 Å². The van der Waals surface area contributed by atoms with Gasteiger partial charge in [0, 0.05) is 0 Å². The number of aromatic nitrogens is 2. The van der Waals surface area contributed by atoms with Gasteiger partial charge in [-0.2, -0.15) is 13.5 Å². The lowest BCUT2D eigenvalue weighted by Gasteiger charge is -2.22. The summed E-state index contributed by atoms with van der Waals surface area (Å²) in [5, 5.41) is 23.8. The second-order valence-corrected chi connectivity index (χ2v) is 5.90. The van der Waals surface area contributed by atoms with Crippen LogP contribution in [0.4, 0.5) is 5.69 Å². The zero-order valence-electron chi connectivity index (χ0n) is 10.8. The van der Waals surface area contributed by atoms with Crippen LogP contribution in [-0.4, -0.2) is 47.9 Å². The first-order chi connectivity index (χ1) is 9.96. The molecule has 0 fully saturated rings. The Kier molecular flexibility index (Phi) is 4.24. The number of aromatic amines is 1. The molecular formula is C12H13N3O5S. The second-order valence-electron chi connectivity index (χ2n) is 4.07. The number of benzene rings is 1. The van der Waals surface area contributed by atoms with Crippen molar-refractivity contribution in [2.45, 2.75) is 5.03 Å². The fourth-order valence-corrected chi connectivity index (χ4v) is 3.11. The Hall–Kier alpha value is -2.39. The molecular weight excluding hydrogens is 298 g/mol. The molecule has 0 aliphatic carbocycles. The average molecular weight is 311 g/mol. The van der Waals surface area contributed by atoms with E-state index in [-0.39, 0.29) is 29.4 Å². The molecule has 1 aromatic heterocycles. The molecule has 2 rings (SSSR count). The van der Waals surface area contributed by atoms with Crippen LogP contribution in [0.3, 0.4) is 0 Å². The second kappa shape index (κ2) is 5.94. The number of hydrogen-bond acceptors (Lipinski definition) is 5. The molecule has 21 heavy (non-hydrogen) atoms. The van der Waals surface area contributed by atoms with Gasteiger partial charge in [0.15, 0.2) is 5.03 Å². The lowest BCUT2D eigenvalue weighted by Crippen LogP contribution is -2.33. The number of rotatable bonds is 6. The van der Waals surface area contributed by atoms with Gasteiger partial charge in [-0.15, -0.1) is 0 Å². The van der Waals surface area contributed by atoms with Crippen LogP contribution in [0.2, 0.25) is 0 Å². The number of aliphatic hydroxyl groups excluding tert-OH is 1. The molecule has 1 heterocycles. The van der Waals surface area contributed by atoms with E-state index < -0.39 is 16.0 Å². The Bertz CT molecular complexity index is 710. The molecule has 0 bridgehead atoms. The summed E-state index contributed by atoms with van der Waals surface area (Å²) in [7, 11) is -3.90. The van der Waals surface area contributed by atoms with Gasteiger partial charge < -0.3 is 10.2 Å². The van der Waals surface area contributed by atoms with Crippen molar-refractivity contribution < 1.29 is 23.4 Å². The molecule has 0 saturated carbocycles. The molecule has 3 N–H and O–H groups in total. The van der Waals surface area contributed by atoms with E-state index in [1.165, 1.54) is 36.5 Å². The minimum atomic E-state index is -3.90. The third kappa shape index (κ3) is 3.03. The highest BCUT2D eigenvalue weighted by Gasteiger charge is 2.25. The highest BCUT2D eigenvalue weighted by molar-refractivity contribution is 7.92. The van der Waals surface area contributed by atoms with E-state index in [4.69, 9.17) is 10.2 Å². The van der Waals surface area contributed by atoms with Crippen LogP contribution < -0.4 is 4.31 Å². The normalized spacial score (nSPS) is 11.3. The maximum absolute atomic E-state index is 12.4. The first-order valence-corrected chi connectivity index (χ1v) is 7.37. The van der Waals surface area contributed by atoms with E-state index in [0.29, 0.717) is 0 Å². The molecule has 9 heteroatoms. The van der Waals surface area contributed by atoms with Gasteiger partial charge in [0.25, 0.3) is 10.0 Å². The number of carboxylic acid groups (broad SMARTS) is 1. The van der Waals surface area contributed by atoms with E-state index >= 15 is 0 Å². The van der Waals surface area contributed by atoms with Crippen molar-refractivity contribution >= 4 is 21.7 Å². The number of aromatic carboxylic acids is 1. The third-order valence-corrected chi connectivity index (χ3v) is 4.51. The molecule has 0 radical (unpaired) electrons. The van der Waals surface area contributed by atoms with Gasteiger partial charge in [-0.25, -0.2) is 4.79 Å². The quantitative estimate of drug-likeness (QED) is 0.704. The molecule has 0 unspecified atom stereocenters. The number of nitrogens with one attached hydrogen (secondary N) is 1. The lowest BCUT2D eigenvalue weighted by atomic mass is 10.2. The molecule has 0 aliphatic rings. The number of anilines is 1. The number of H-pyrrole nitrogens is 1. The van der Waals surface area contributed by atoms with Crippen molar-refractivity contribution in [1.29, 1.82) is 0 Å². The maximum Gasteiger partial charge on any atom is 0.335 e. The van der Waals surface area contributed by atoms with Gasteiger partial charge in [-0.3, -0.25) is 9.40 Å². The fraction of sp³-hybridized carbons (Fsp3) is 0.167. The number of hydrogen-bond donors (Lipinski definition) is 3.